The van der Waals surface area contributed by atoms with Crippen LogP contribution < -0.4 is 10.6 Å². The number of carbonyl (C=O) groups is 1. The molecule has 20 heavy (non-hydrogen) atoms. The number of amides is 1. The second-order valence-corrected chi connectivity index (χ2v) is 6.16. The van der Waals surface area contributed by atoms with Crippen LogP contribution in [0.15, 0.2) is 12.2 Å². The van der Waals surface area contributed by atoms with Crippen LogP contribution in [-0.2, 0) is 0 Å². The average Bonchev–Trinajstić information content (AvgIpc) is 3.03. The quantitative estimate of drug-likeness (QED) is 0.847. The number of hydrogen-bond acceptors (Lipinski definition) is 5. The van der Waals surface area contributed by atoms with Gasteiger partial charge in [-0.15, -0.1) is 0 Å². The van der Waals surface area contributed by atoms with E-state index in [-0.39, 0.29) is 5.91 Å². The maximum absolute atomic E-state index is 12.5. The molecule has 1 amide bonds. The van der Waals surface area contributed by atoms with E-state index < -0.39 is 0 Å². The van der Waals surface area contributed by atoms with Crippen LogP contribution in [0.5, 0.6) is 0 Å². The Kier molecular flexibility index (Phi) is 4.65. The molecule has 6 heteroatoms. The number of aromatic nitrogens is 1. The lowest BCUT2D eigenvalue weighted by atomic mass is 10.3. The molecule has 0 atom stereocenters. The predicted octanol–water partition coefficient (Wildman–Crippen LogP) is 2.36. The van der Waals surface area contributed by atoms with Gasteiger partial charge in [-0.2, -0.15) is 0 Å². The highest BCUT2D eigenvalue weighted by molar-refractivity contribution is 7.18. The van der Waals surface area contributed by atoms with Crippen molar-refractivity contribution in [2.45, 2.75) is 26.7 Å². The second kappa shape index (κ2) is 6.26. The molecular formula is C14H22N4OS. The summed E-state index contributed by atoms with van der Waals surface area (Å²) in [6.45, 7) is 10.9. The minimum Gasteiger partial charge on any atom is -0.382 e. The Balaban J connectivity index is 2.18. The van der Waals surface area contributed by atoms with E-state index in [1.807, 2.05) is 13.8 Å². The molecule has 5 nitrogen and oxygen atoms in total. The zero-order valence-corrected chi connectivity index (χ0v) is 13.0. The van der Waals surface area contributed by atoms with Crippen LogP contribution in [0, 0.1) is 0 Å². The van der Waals surface area contributed by atoms with Gasteiger partial charge in [-0.25, -0.2) is 4.98 Å². The summed E-state index contributed by atoms with van der Waals surface area (Å²) >= 11 is 1.40. The van der Waals surface area contributed by atoms with E-state index in [2.05, 4.69) is 16.5 Å². The normalized spacial score (nSPS) is 14.6. The summed E-state index contributed by atoms with van der Waals surface area (Å²) in [4.78, 5) is 21.4. The van der Waals surface area contributed by atoms with Crippen LogP contribution in [-0.4, -0.2) is 42.0 Å². The summed E-state index contributed by atoms with van der Waals surface area (Å²) in [6, 6.07) is 0. The van der Waals surface area contributed by atoms with Gasteiger partial charge in [-0.3, -0.25) is 4.79 Å². The molecule has 1 aromatic heterocycles. The molecule has 0 aliphatic carbocycles. The van der Waals surface area contributed by atoms with E-state index >= 15 is 0 Å². The Morgan fingerprint density at radius 3 is 2.70 bits per heavy atom. The highest BCUT2D eigenvalue weighted by Crippen LogP contribution is 2.31. The van der Waals surface area contributed by atoms with Gasteiger partial charge in [0.05, 0.1) is 0 Å². The molecular weight excluding hydrogens is 272 g/mol. The fourth-order valence-corrected chi connectivity index (χ4v) is 3.32. The summed E-state index contributed by atoms with van der Waals surface area (Å²) in [5.41, 5.74) is 6.90. The molecule has 2 N–H and O–H groups in total. The fraction of sp³-hybridized carbons (Fsp3) is 0.571. The van der Waals surface area contributed by atoms with Crippen LogP contribution in [0.1, 0.15) is 36.4 Å². The molecule has 110 valence electrons. The third kappa shape index (κ3) is 3.12. The smallest absolute Gasteiger partial charge is 0.268 e. The zero-order valence-electron chi connectivity index (χ0n) is 12.2. The van der Waals surface area contributed by atoms with Gasteiger partial charge in [-0.05, 0) is 26.7 Å². The number of nitrogens with zero attached hydrogens (tertiary/aromatic N) is 3. The number of rotatable bonds is 5. The fourth-order valence-electron chi connectivity index (χ4n) is 2.31. The minimum atomic E-state index is -0.0454. The lowest BCUT2D eigenvalue weighted by Gasteiger charge is -2.20. The van der Waals surface area contributed by atoms with Crippen molar-refractivity contribution in [1.29, 1.82) is 0 Å². The first-order chi connectivity index (χ1) is 9.52. The zero-order chi connectivity index (χ0) is 14.7. The van der Waals surface area contributed by atoms with E-state index in [0.717, 1.165) is 23.8 Å². The van der Waals surface area contributed by atoms with E-state index in [0.29, 0.717) is 23.8 Å². The van der Waals surface area contributed by atoms with Crippen LogP contribution in [0.3, 0.4) is 0 Å². The van der Waals surface area contributed by atoms with E-state index in [9.17, 15) is 4.79 Å². The van der Waals surface area contributed by atoms with E-state index in [1.54, 1.807) is 4.90 Å². The molecule has 1 aliphatic rings. The average molecular weight is 294 g/mol. The van der Waals surface area contributed by atoms with Gasteiger partial charge in [0.1, 0.15) is 10.7 Å². The van der Waals surface area contributed by atoms with Gasteiger partial charge >= 0.3 is 0 Å². The van der Waals surface area contributed by atoms with Gasteiger partial charge < -0.3 is 15.5 Å². The van der Waals surface area contributed by atoms with E-state index in [4.69, 9.17) is 5.73 Å². The third-order valence-electron chi connectivity index (χ3n) is 3.34. The Bertz CT molecular complexity index is 505. The highest BCUT2D eigenvalue weighted by Gasteiger charge is 2.24. The summed E-state index contributed by atoms with van der Waals surface area (Å²) in [5, 5.41) is 0.870. The molecule has 1 saturated heterocycles. The summed E-state index contributed by atoms with van der Waals surface area (Å²) < 4.78 is 0. The van der Waals surface area contributed by atoms with Gasteiger partial charge in [0.15, 0.2) is 5.13 Å². The molecule has 0 saturated carbocycles. The Morgan fingerprint density at radius 2 is 2.15 bits per heavy atom. The molecule has 1 fully saturated rings. The first-order valence-corrected chi connectivity index (χ1v) is 7.79. The molecule has 2 rings (SSSR count). The number of likely N-dealkylation sites (N-methyl/N-ethyl adjacent to an activating group) is 1. The number of thiazole rings is 1. The first-order valence-electron chi connectivity index (χ1n) is 6.97. The summed E-state index contributed by atoms with van der Waals surface area (Å²) in [7, 11) is 0. The van der Waals surface area contributed by atoms with Crippen molar-refractivity contribution < 1.29 is 4.79 Å². The number of carbonyl (C=O) groups excluding carboxylic acids is 1. The molecule has 0 spiro atoms. The predicted molar refractivity (Wildman–Crippen MR) is 84.4 cm³/mol. The van der Waals surface area contributed by atoms with Crippen LogP contribution in [0.4, 0.5) is 10.9 Å². The minimum absolute atomic E-state index is 0.0454. The number of nitrogens with two attached hydrogens (primary N) is 1. The lowest BCUT2D eigenvalue weighted by molar-refractivity contribution is 0.0784. The standard InChI is InChI=1S/C14H22N4OS/c1-4-17(9-10(2)3)13(19)11-12(15)16-14(20-11)18-7-5-6-8-18/h2,4-9,15H2,1,3H3. The Labute approximate surface area is 124 Å². The maximum atomic E-state index is 12.5. The molecule has 1 aromatic rings. The van der Waals surface area contributed by atoms with Crippen LogP contribution >= 0.6 is 11.3 Å². The van der Waals surface area contributed by atoms with Gasteiger partial charge in [0, 0.05) is 26.2 Å². The lowest BCUT2D eigenvalue weighted by Crippen LogP contribution is -2.32. The van der Waals surface area contributed by atoms with Crippen molar-refractivity contribution in [1.82, 2.24) is 9.88 Å². The highest BCUT2D eigenvalue weighted by atomic mass is 32.1. The van der Waals surface area contributed by atoms with Gasteiger partial charge in [0.2, 0.25) is 0 Å². The van der Waals surface area contributed by atoms with Crippen molar-refractivity contribution in [3.63, 3.8) is 0 Å². The topological polar surface area (TPSA) is 62.5 Å². The first kappa shape index (κ1) is 14.8. The Hall–Kier alpha value is -1.56. The molecule has 1 aliphatic heterocycles. The van der Waals surface area contributed by atoms with Gasteiger partial charge in [-0.1, -0.05) is 23.5 Å². The monoisotopic (exact) mass is 294 g/mol. The van der Waals surface area contributed by atoms with Crippen molar-refractivity contribution >= 4 is 28.2 Å². The molecule has 0 bridgehead atoms. The molecule has 0 aromatic carbocycles. The molecule has 0 unspecified atom stereocenters. The third-order valence-corrected chi connectivity index (χ3v) is 4.46. The SMILES string of the molecule is C=C(C)CN(CC)C(=O)c1sc(N2CCCC2)nc1N. The Morgan fingerprint density at radius 1 is 1.50 bits per heavy atom. The second-order valence-electron chi connectivity index (χ2n) is 5.18. The van der Waals surface area contributed by atoms with Crippen molar-refractivity contribution in [2.24, 2.45) is 0 Å². The summed E-state index contributed by atoms with van der Waals surface area (Å²) in [6.07, 6.45) is 2.36. The van der Waals surface area contributed by atoms with Crippen molar-refractivity contribution in [3.05, 3.63) is 17.0 Å². The molecule has 2 heterocycles. The van der Waals surface area contributed by atoms with Crippen molar-refractivity contribution in [3.8, 4) is 0 Å². The number of anilines is 2. The molecule has 0 radical (unpaired) electrons. The van der Waals surface area contributed by atoms with Crippen LogP contribution in [0.2, 0.25) is 0 Å². The largest absolute Gasteiger partial charge is 0.382 e. The maximum Gasteiger partial charge on any atom is 0.268 e. The van der Waals surface area contributed by atoms with E-state index in [1.165, 1.54) is 24.2 Å². The number of nitrogen functional groups attached to an aromatic ring is 1. The van der Waals surface area contributed by atoms with Crippen LogP contribution in [0.25, 0.3) is 0 Å². The van der Waals surface area contributed by atoms with Gasteiger partial charge in [0.25, 0.3) is 5.91 Å². The van der Waals surface area contributed by atoms with Crippen molar-refractivity contribution in [2.75, 3.05) is 36.8 Å². The summed E-state index contributed by atoms with van der Waals surface area (Å²) in [5.74, 6) is 0.304. The number of hydrogen-bond donors (Lipinski definition) is 1.